The molecule has 0 aliphatic rings. The number of hydrogen-bond acceptors (Lipinski definition) is 3. The first kappa shape index (κ1) is 17.7. The molecule has 4 N–H and O–H groups in total. The Morgan fingerprint density at radius 2 is 1.62 bits per heavy atom. The largest absolute Gasteiger partial charge is 0.396 e. The van der Waals surface area contributed by atoms with E-state index in [2.05, 4.69) is 16.2 Å². The summed E-state index contributed by atoms with van der Waals surface area (Å²) in [5.41, 5.74) is 7.36. The third kappa shape index (κ3) is 5.83. The Morgan fingerprint density at radius 3 is 2.25 bits per heavy atom. The number of amides is 1. The number of carbonyl (C=O) groups is 1. The summed E-state index contributed by atoms with van der Waals surface area (Å²) in [5.74, 6) is -0.342. The van der Waals surface area contributed by atoms with Crippen molar-refractivity contribution >= 4 is 35.0 Å². The van der Waals surface area contributed by atoms with Crippen LogP contribution < -0.4 is 16.2 Å². The quantitative estimate of drug-likeness (QED) is 0.382. The predicted octanol–water partition coefficient (Wildman–Crippen LogP) is 2.47. The smallest absolute Gasteiger partial charge is 0.265 e. The maximum absolute atomic E-state index is 12.3. The highest BCUT2D eigenvalue weighted by Crippen LogP contribution is 2.09. The average molecular weight is 341 g/mol. The number of rotatable bonds is 5. The second kappa shape index (κ2) is 9.44. The van der Waals surface area contributed by atoms with Gasteiger partial charge in [0.1, 0.15) is 0 Å². The normalized spacial score (nSPS) is 10.8. The fraction of sp³-hybridized carbons (Fsp3) is 0.111. The van der Waals surface area contributed by atoms with Gasteiger partial charge in [0, 0.05) is 24.3 Å². The number of aliphatic hydroxyl groups is 1. The van der Waals surface area contributed by atoms with Crippen molar-refractivity contribution in [3.63, 3.8) is 0 Å². The molecule has 0 saturated heterocycles. The molecule has 0 aliphatic heterocycles. The van der Waals surface area contributed by atoms with Crippen LogP contribution in [-0.4, -0.2) is 22.7 Å². The van der Waals surface area contributed by atoms with Gasteiger partial charge in [0.15, 0.2) is 5.11 Å². The number of aliphatic hydroxyl groups excluding tert-OH is 1. The molecule has 0 atom stereocenters. The number of anilines is 1. The molecule has 0 fully saturated rings. The van der Waals surface area contributed by atoms with E-state index in [0.717, 1.165) is 11.3 Å². The molecule has 0 saturated carbocycles. The molecule has 5 nitrogen and oxygen atoms in total. The Kier molecular flexibility index (Phi) is 6.94. The number of hydrazine groups is 1. The van der Waals surface area contributed by atoms with Gasteiger partial charge in [0.2, 0.25) is 0 Å². The van der Waals surface area contributed by atoms with Crippen molar-refractivity contribution in [3.8, 4) is 0 Å². The first-order valence-electron chi connectivity index (χ1n) is 7.48. The van der Waals surface area contributed by atoms with Crippen molar-refractivity contribution < 1.29 is 9.90 Å². The van der Waals surface area contributed by atoms with E-state index in [1.54, 1.807) is 6.08 Å². The first-order valence-corrected chi connectivity index (χ1v) is 7.88. The summed E-state index contributed by atoms with van der Waals surface area (Å²) in [6.07, 6.45) is 1.99. The van der Waals surface area contributed by atoms with Crippen LogP contribution in [0.4, 0.5) is 5.69 Å². The van der Waals surface area contributed by atoms with Gasteiger partial charge in [0.25, 0.3) is 5.91 Å². The van der Waals surface area contributed by atoms with Gasteiger partial charge in [-0.05, 0) is 36.0 Å². The Bertz CT molecular complexity index is 703. The predicted molar refractivity (Wildman–Crippen MR) is 100 cm³/mol. The molecule has 2 aromatic rings. The molecule has 6 heteroatoms. The summed E-state index contributed by atoms with van der Waals surface area (Å²) in [6, 6.07) is 18.8. The molecular weight excluding hydrogens is 322 g/mol. The lowest BCUT2D eigenvalue weighted by molar-refractivity contribution is -0.118. The summed E-state index contributed by atoms with van der Waals surface area (Å²) in [6.45, 7) is -0.112. The molecule has 2 rings (SSSR count). The molecule has 124 valence electrons. The van der Waals surface area contributed by atoms with Crippen molar-refractivity contribution in [1.29, 1.82) is 0 Å². The van der Waals surface area contributed by atoms with Gasteiger partial charge in [-0.15, -0.1) is 0 Å². The van der Waals surface area contributed by atoms with Gasteiger partial charge in [-0.2, -0.15) is 0 Å². The molecular formula is C18H19N3O2S. The average Bonchev–Trinajstić information content (AvgIpc) is 2.61. The van der Waals surface area contributed by atoms with E-state index in [4.69, 9.17) is 17.3 Å². The fourth-order valence-corrected chi connectivity index (χ4v) is 2.17. The van der Waals surface area contributed by atoms with Crippen molar-refractivity contribution in [2.75, 3.05) is 11.9 Å². The molecule has 0 bridgehead atoms. The highest BCUT2D eigenvalue weighted by molar-refractivity contribution is 7.80. The molecule has 24 heavy (non-hydrogen) atoms. The number of nitrogens with one attached hydrogen (secondary N) is 3. The SMILES string of the molecule is O=C(NNC(=S)Nc1ccccc1)/C(=C\c1ccccc1)CCO. The topological polar surface area (TPSA) is 73.4 Å². The third-order valence-electron chi connectivity index (χ3n) is 3.13. The second-order valence-corrected chi connectivity index (χ2v) is 5.36. The number of benzene rings is 2. The van der Waals surface area contributed by atoms with Crippen LogP contribution in [0.2, 0.25) is 0 Å². The Morgan fingerprint density at radius 1 is 1.00 bits per heavy atom. The number of carbonyl (C=O) groups excluding carboxylic acids is 1. The van der Waals surface area contributed by atoms with Crippen LogP contribution in [0.15, 0.2) is 66.2 Å². The molecule has 0 heterocycles. The molecule has 2 aromatic carbocycles. The van der Waals surface area contributed by atoms with Crippen molar-refractivity contribution in [2.45, 2.75) is 6.42 Å². The summed E-state index contributed by atoms with van der Waals surface area (Å²) < 4.78 is 0. The van der Waals surface area contributed by atoms with Gasteiger partial charge in [0.05, 0.1) is 0 Å². The van der Waals surface area contributed by atoms with E-state index in [-0.39, 0.29) is 24.0 Å². The van der Waals surface area contributed by atoms with Crippen molar-refractivity contribution in [1.82, 2.24) is 10.9 Å². The first-order chi connectivity index (χ1) is 11.7. The van der Waals surface area contributed by atoms with Crippen LogP contribution in [0, 0.1) is 0 Å². The van der Waals surface area contributed by atoms with Crippen molar-refractivity contribution in [3.05, 3.63) is 71.8 Å². The van der Waals surface area contributed by atoms with Crippen molar-refractivity contribution in [2.24, 2.45) is 0 Å². The lowest BCUT2D eigenvalue weighted by Crippen LogP contribution is -2.44. The monoisotopic (exact) mass is 341 g/mol. The summed E-state index contributed by atoms with van der Waals surface area (Å²) in [7, 11) is 0. The van der Waals surface area contributed by atoms with Gasteiger partial charge in [-0.1, -0.05) is 48.5 Å². The molecule has 0 aliphatic carbocycles. The highest BCUT2D eigenvalue weighted by Gasteiger charge is 2.09. The Balaban J connectivity index is 1.93. The maximum atomic E-state index is 12.3. The molecule has 0 radical (unpaired) electrons. The lowest BCUT2D eigenvalue weighted by atomic mass is 10.1. The van der Waals surface area contributed by atoms with E-state index in [0.29, 0.717) is 5.57 Å². The van der Waals surface area contributed by atoms with E-state index in [1.165, 1.54) is 0 Å². The van der Waals surface area contributed by atoms with Crippen LogP contribution in [0.5, 0.6) is 0 Å². The third-order valence-corrected chi connectivity index (χ3v) is 3.34. The number of para-hydroxylation sites is 1. The number of thiocarbonyl (C=S) groups is 1. The fourth-order valence-electron chi connectivity index (χ4n) is 2.00. The van der Waals surface area contributed by atoms with Crippen LogP contribution in [-0.2, 0) is 4.79 Å². The zero-order chi connectivity index (χ0) is 17.2. The minimum Gasteiger partial charge on any atom is -0.396 e. The molecule has 0 unspecified atom stereocenters. The van der Waals surface area contributed by atoms with E-state index < -0.39 is 0 Å². The summed E-state index contributed by atoms with van der Waals surface area (Å²) in [5, 5.41) is 12.4. The highest BCUT2D eigenvalue weighted by atomic mass is 32.1. The second-order valence-electron chi connectivity index (χ2n) is 4.95. The van der Waals surface area contributed by atoms with E-state index in [1.807, 2.05) is 60.7 Å². The van der Waals surface area contributed by atoms with Gasteiger partial charge in [-0.3, -0.25) is 15.6 Å². The minimum absolute atomic E-state index is 0.112. The Labute approximate surface area is 146 Å². The molecule has 0 aromatic heterocycles. The number of hydrogen-bond donors (Lipinski definition) is 4. The standard InChI is InChI=1S/C18H19N3O2S/c22-12-11-15(13-14-7-3-1-4-8-14)17(23)20-21-18(24)19-16-9-5-2-6-10-16/h1-10,13,22H,11-12H2,(H,20,23)(H2,19,21,24)/b15-13-. The van der Waals surface area contributed by atoms with Gasteiger partial charge in [-0.25, -0.2) is 0 Å². The van der Waals surface area contributed by atoms with Crippen LogP contribution in [0.3, 0.4) is 0 Å². The minimum atomic E-state index is -0.342. The van der Waals surface area contributed by atoms with E-state index in [9.17, 15) is 4.79 Å². The van der Waals surface area contributed by atoms with Crippen LogP contribution >= 0.6 is 12.2 Å². The Hall–Kier alpha value is -2.70. The molecule has 1 amide bonds. The van der Waals surface area contributed by atoms with Crippen LogP contribution in [0.25, 0.3) is 6.08 Å². The van der Waals surface area contributed by atoms with Gasteiger partial charge >= 0.3 is 0 Å². The summed E-state index contributed by atoms with van der Waals surface area (Å²) >= 11 is 5.13. The van der Waals surface area contributed by atoms with Gasteiger partial charge < -0.3 is 10.4 Å². The summed E-state index contributed by atoms with van der Waals surface area (Å²) in [4.78, 5) is 12.3. The van der Waals surface area contributed by atoms with Crippen LogP contribution in [0.1, 0.15) is 12.0 Å². The lowest BCUT2D eigenvalue weighted by Gasteiger charge is -2.13. The zero-order valence-corrected chi connectivity index (χ0v) is 13.8. The van der Waals surface area contributed by atoms with E-state index >= 15 is 0 Å². The zero-order valence-electron chi connectivity index (χ0n) is 13.0. The molecule has 0 spiro atoms. The maximum Gasteiger partial charge on any atom is 0.265 e.